The summed E-state index contributed by atoms with van der Waals surface area (Å²) in [7, 11) is 0. The van der Waals surface area contributed by atoms with Crippen molar-refractivity contribution in [2.75, 3.05) is 13.1 Å². The van der Waals surface area contributed by atoms with E-state index in [1.54, 1.807) is 0 Å². The summed E-state index contributed by atoms with van der Waals surface area (Å²) in [5.74, 6) is 0.813. The molecule has 0 bridgehead atoms. The molecular formula is C15H29ClN2O2. The van der Waals surface area contributed by atoms with Gasteiger partial charge in [0.1, 0.15) is 6.10 Å². The molecule has 20 heavy (non-hydrogen) atoms. The van der Waals surface area contributed by atoms with Crippen molar-refractivity contribution in [2.45, 2.75) is 70.6 Å². The van der Waals surface area contributed by atoms with E-state index >= 15 is 0 Å². The average molecular weight is 305 g/mol. The predicted molar refractivity (Wildman–Crippen MR) is 83.2 cm³/mol. The van der Waals surface area contributed by atoms with Crippen molar-refractivity contribution in [3.8, 4) is 0 Å². The van der Waals surface area contributed by atoms with E-state index in [0.29, 0.717) is 0 Å². The molecule has 1 amide bonds. The van der Waals surface area contributed by atoms with Gasteiger partial charge in [0.15, 0.2) is 0 Å². The first kappa shape index (κ1) is 17.7. The molecule has 0 radical (unpaired) electrons. The summed E-state index contributed by atoms with van der Waals surface area (Å²) in [5, 5.41) is 6.37. The predicted octanol–water partition coefficient (Wildman–Crippen LogP) is 2.26. The molecule has 4 nitrogen and oxygen atoms in total. The second-order valence-corrected chi connectivity index (χ2v) is 6.13. The Morgan fingerprint density at radius 2 is 2.20 bits per heavy atom. The third-order valence-corrected chi connectivity index (χ3v) is 4.31. The van der Waals surface area contributed by atoms with Gasteiger partial charge in [-0.1, -0.05) is 26.7 Å². The molecule has 2 rings (SSSR count). The van der Waals surface area contributed by atoms with Gasteiger partial charge in [0, 0.05) is 12.6 Å². The van der Waals surface area contributed by atoms with Gasteiger partial charge in [-0.25, -0.2) is 0 Å². The summed E-state index contributed by atoms with van der Waals surface area (Å²) in [5.41, 5.74) is 0. The summed E-state index contributed by atoms with van der Waals surface area (Å²) in [6, 6.07) is 0.287. The van der Waals surface area contributed by atoms with Crippen LogP contribution in [0.4, 0.5) is 0 Å². The highest BCUT2D eigenvalue weighted by Crippen LogP contribution is 2.27. The van der Waals surface area contributed by atoms with Crippen LogP contribution in [0, 0.1) is 5.92 Å². The van der Waals surface area contributed by atoms with Crippen LogP contribution in [0.3, 0.4) is 0 Å². The highest BCUT2D eigenvalue weighted by atomic mass is 35.5. The van der Waals surface area contributed by atoms with E-state index < -0.39 is 0 Å². The fraction of sp³-hybridized carbons (Fsp3) is 0.933. The third-order valence-electron chi connectivity index (χ3n) is 4.31. The van der Waals surface area contributed by atoms with Crippen LogP contribution < -0.4 is 10.6 Å². The molecule has 118 valence electrons. The second-order valence-electron chi connectivity index (χ2n) is 6.13. The quantitative estimate of drug-likeness (QED) is 0.819. The highest BCUT2D eigenvalue weighted by molar-refractivity contribution is 5.85. The first-order valence-corrected chi connectivity index (χ1v) is 7.85. The largest absolute Gasteiger partial charge is 0.365 e. The van der Waals surface area contributed by atoms with Gasteiger partial charge in [-0.3, -0.25) is 4.79 Å². The SMILES string of the molecule is CCC(OC1CCCC(C)C1)C(=O)NC1CCNC1.Cl. The molecule has 0 aromatic carbocycles. The number of halogens is 1. The van der Waals surface area contributed by atoms with Crippen LogP contribution in [0.5, 0.6) is 0 Å². The Labute approximate surface area is 128 Å². The fourth-order valence-electron chi connectivity index (χ4n) is 3.15. The van der Waals surface area contributed by atoms with Gasteiger partial charge in [0.2, 0.25) is 5.91 Å². The van der Waals surface area contributed by atoms with Gasteiger partial charge < -0.3 is 15.4 Å². The van der Waals surface area contributed by atoms with Crippen LogP contribution in [-0.4, -0.2) is 37.2 Å². The van der Waals surface area contributed by atoms with Gasteiger partial charge >= 0.3 is 0 Å². The average Bonchev–Trinajstić information content (AvgIpc) is 2.88. The zero-order valence-electron chi connectivity index (χ0n) is 12.7. The number of hydrogen-bond acceptors (Lipinski definition) is 3. The number of hydrogen-bond donors (Lipinski definition) is 2. The van der Waals surface area contributed by atoms with Gasteiger partial charge in [-0.15, -0.1) is 12.4 Å². The number of ether oxygens (including phenoxy) is 1. The van der Waals surface area contributed by atoms with E-state index in [1.165, 1.54) is 12.8 Å². The molecule has 1 saturated heterocycles. The maximum Gasteiger partial charge on any atom is 0.249 e. The first-order valence-electron chi connectivity index (χ1n) is 7.85. The monoisotopic (exact) mass is 304 g/mol. The Morgan fingerprint density at radius 3 is 2.80 bits per heavy atom. The van der Waals surface area contributed by atoms with Crippen molar-refractivity contribution in [1.29, 1.82) is 0 Å². The smallest absolute Gasteiger partial charge is 0.249 e. The molecule has 1 heterocycles. The topological polar surface area (TPSA) is 50.4 Å². The Hall–Kier alpha value is -0.320. The molecule has 1 saturated carbocycles. The molecule has 2 fully saturated rings. The van der Waals surface area contributed by atoms with Crippen molar-refractivity contribution >= 4 is 18.3 Å². The highest BCUT2D eigenvalue weighted by Gasteiger charge is 2.27. The zero-order valence-corrected chi connectivity index (χ0v) is 13.5. The Morgan fingerprint density at radius 1 is 1.40 bits per heavy atom. The maximum atomic E-state index is 12.2. The lowest BCUT2D eigenvalue weighted by atomic mass is 9.88. The molecule has 1 aliphatic heterocycles. The van der Waals surface area contributed by atoms with Crippen LogP contribution in [-0.2, 0) is 9.53 Å². The molecule has 2 N–H and O–H groups in total. The standard InChI is InChI=1S/C15H28N2O2.ClH/c1-3-14(15(18)17-12-7-8-16-10-12)19-13-6-4-5-11(2)9-13;/h11-14,16H,3-10H2,1-2H3,(H,17,18);1H. The third kappa shape index (κ3) is 5.23. The van der Waals surface area contributed by atoms with Crippen molar-refractivity contribution < 1.29 is 9.53 Å². The van der Waals surface area contributed by atoms with Crippen LogP contribution >= 0.6 is 12.4 Å². The van der Waals surface area contributed by atoms with Crippen molar-refractivity contribution in [3.63, 3.8) is 0 Å². The molecule has 4 unspecified atom stereocenters. The summed E-state index contributed by atoms with van der Waals surface area (Å²) in [6.07, 6.45) is 6.55. The fourth-order valence-corrected chi connectivity index (χ4v) is 3.15. The normalized spacial score (nSPS) is 31.4. The molecule has 2 aliphatic rings. The van der Waals surface area contributed by atoms with Gasteiger partial charge in [-0.2, -0.15) is 0 Å². The Bertz CT molecular complexity index is 296. The lowest BCUT2D eigenvalue weighted by Crippen LogP contribution is -2.44. The van der Waals surface area contributed by atoms with Gasteiger partial charge in [-0.05, 0) is 38.1 Å². The van der Waals surface area contributed by atoms with Crippen LogP contribution in [0.15, 0.2) is 0 Å². The molecule has 0 aromatic rings. The van der Waals surface area contributed by atoms with E-state index in [0.717, 1.165) is 44.7 Å². The lowest BCUT2D eigenvalue weighted by molar-refractivity contribution is -0.139. The van der Waals surface area contributed by atoms with E-state index in [1.807, 2.05) is 6.92 Å². The molecular weight excluding hydrogens is 276 g/mol. The van der Waals surface area contributed by atoms with E-state index in [2.05, 4.69) is 17.6 Å². The second kappa shape index (κ2) is 8.85. The molecule has 4 atom stereocenters. The van der Waals surface area contributed by atoms with E-state index in [9.17, 15) is 4.79 Å². The molecule has 0 aromatic heterocycles. The van der Waals surface area contributed by atoms with E-state index in [-0.39, 0.29) is 36.6 Å². The zero-order chi connectivity index (χ0) is 13.7. The lowest BCUT2D eigenvalue weighted by Gasteiger charge is -2.30. The Balaban J connectivity index is 0.00000200. The van der Waals surface area contributed by atoms with Gasteiger partial charge in [0.05, 0.1) is 6.10 Å². The van der Waals surface area contributed by atoms with Crippen LogP contribution in [0.25, 0.3) is 0 Å². The molecule has 1 aliphatic carbocycles. The first-order chi connectivity index (χ1) is 9.19. The molecule has 5 heteroatoms. The summed E-state index contributed by atoms with van der Waals surface area (Å²) >= 11 is 0. The summed E-state index contributed by atoms with van der Waals surface area (Å²) < 4.78 is 6.05. The summed E-state index contributed by atoms with van der Waals surface area (Å²) in [4.78, 5) is 12.2. The number of carbonyl (C=O) groups is 1. The Kier molecular flexibility index (Phi) is 7.85. The minimum Gasteiger partial charge on any atom is -0.365 e. The number of rotatable bonds is 5. The van der Waals surface area contributed by atoms with Crippen molar-refractivity contribution in [3.05, 3.63) is 0 Å². The van der Waals surface area contributed by atoms with Crippen LogP contribution in [0.2, 0.25) is 0 Å². The molecule has 0 spiro atoms. The van der Waals surface area contributed by atoms with Crippen LogP contribution in [0.1, 0.15) is 52.4 Å². The number of carbonyl (C=O) groups excluding carboxylic acids is 1. The minimum atomic E-state index is -0.268. The van der Waals surface area contributed by atoms with Crippen molar-refractivity contribution in [2.24, 2.45) is 5.92 Å². The van der Waals surface area contributed by atoms with Gasteiger partial charge in [0.25, 0.3) is 0 Å². The maximum absolute atomic E-state index is 12.2. The summed E-state index contributed by atoms with van der Waals surface area (Å²) in [6.45, 7) is 6.20. The minimum absolute atomic E-state index is 0. The van der Waals surface area contributed by atoms with Crippen molar-refractivity contribution in [1.82, 2.24) is 10.6 Å². The number of amides is 1. The number of nitrogens with one attached hydrogen (secondary N) is 2. The van der Waals surface area contributed by atoms with E-state index in [4.69, 9.17) is 4.74 Å².